The molecule has 196 valence electrons. The van der Waals surface area contributed by atoms with Crippen molar-refractivity contribution in [3.05, 3.63) is 114 Å². The van der Waals surface area contributed by atoms with Crippen LogP contribution in [-0.2, 0) is 19.6 Å². The Labute approximate surface area is 227 Å². The molecule has 0 saturated heterocycles. The standard InChI is InChI=1S/C30H26N4O4S/c1-20(35)34(2)24-16-13-22(14-17-24)31-29(21-9-5-3-6-10-21)28-26-19-23(15-18-27(26)32-30(28)36)33-39(37,38)25-11-7-4-8-12-25/h3-19,31,33H,1-2H3,(H,32,36)/b29-28-. The fourth-order valence-electron chi connectivity index (χ4n) is 4.27. The molecule has 0 spiro atoms. The van der Waals surface area contributed by atoms with E-state index >= 15 is 0 Å². The van der Waals surface area contributed by atoms with Crippen molar-refractivity contribution in [1.29, 1.82) is 0 Å². The molecule has 2 amide bonds. The molecule has 0 unspecified atom stereocenters. The van der Waals surface area contributed by atoms with Crippen LogP contribution >= 0.6 is 0 Å². The largest absolute Gasteiger partial charge is 0.354 e. The molecule has 0 radical (unpaired) electrons. The van der Waals surface area contributed by atoms with E-state index in [0.29, 0.717) is 33.9 Å². The summed E-state index contributed by atoms with van der Waals surface area (Å²) in [4.78, 5) is 26.7. The fourth-order valence-corrected chi connectivity index (χ4v) is 5.34. The van der Waals surface area contributed by atoms with Crippen molar-refractivity contribution in [2.45, 2.75) is 11.8 Å². The third-order valence-corrected chi connectivity index (χ3v) is 7.78. The highest BCUT2D eigenvalue weighted by atomic mass is 32.2. The van der Waals surface area contributed by atoms with Crippen LogP contribution in [0, 0.1) is 0 Å². The van der Waals surface area contributed by atoms with E-state index in [1.54, 1.807) is 48.3 Å². The molecule has 1 heterocycles. The number of benzene rings is 4. The van der Waals surface area contributed by atoms with Crippen LogP contribution in [-0.4, -0.2) is 27.3 Å². The van der Waals surface area contributed by atoms with Crippen LogP contribution in [0.25, 0.3) is 11.3 Å². The molecule has 9 heteroatoms. The van der Waals surface area contributed by atoms with E-state index in [9.17, 15) is 18.0 Å². The number of anilines is 4. The first-order chi connectivity index (χ1) is 18.7. The summed E-state index contributed by atoms with van der Waals surface area (Å²) in [5.74, 6) is -0.395. The summed E-state index contributed by atoms with van der Waals surface area (Å²) in [7, 11) is -2.12. The number of hydrogen-bond donors (Lipinski definition) is 3. The zero-order valence-corrected chi connectivity index (χ0v) is 22.1. The Balaban J connectivity index is 1.56. The van der Waals surface area contributed by atoms with Gasteiger partial charge in [0.25, 0.3) is 15.9 Å². The van der Waals surface area contributed by atoms with Crippen LogP contribution in [0.3, 0.4) is 0 Å². The minimum atomic E-state index is -3.82. The van der Waals surface area contributed by atoms with Crippen molar-refractivity contribution in [2.24, 2.45) is 0 Å². The average Bonchev–Trinajstić information content (AvgIpc) is 3.27. The van der Waals surface area contributed by atoms with Gasteiger partial charge < -0.3 is 15.5 Å². The number of sulfonamides is 1. The lowest BCUT2D eigenvalue weighted by molar-refractivity contribution is -0.116. The van der Waals surface area contributed by atoms with Gasteiger partial charge in [0, 0.05) is 42.3 Å². The van der Waals surface area contributed by atoms with Crippen molar-refractivity contribution in [2.75, 3.05) is 27.3 Å². The normalized spacial score (nSPS) is 13.7. The molecular formula is C30H26N4O4S. The van der Waals surface area contributed by atoms with E-state index in [1.807, 2.05) is 54.6 Å². The molecule has 8 nitrogen and oxygen atoms in total. The second kappa shape index (κ2) is 10.5. The zero-order valence-electron chi connectivity index (χ0n) is 21.3. The molecule has 5 rings (SSSR count). The van der Waals surface area contributed by atoms with Crippen LogP contribution < -0.4 is 20.3 Å². The maximum absolute atomic E-state index is 13.3. The van der Waals surface area contributed by atoms with Crippen molar-refractivity contribution in [3.8, 4) is 0 Å². The summed E-state index contributed by atoms with van der Waals surface area (Å²) in [5.41, 5.74) is 4.63. The van der Waals surface area contributed by atoms with Crippen LogP contribution in [0.4, 0.5) is 22.7 Å². The molecule has 1 aliphatic heterocycles. The molecule has 4 aromatic carbocycles. The maximum Gasteiger partial charge on any atom is 0.261 e. The van der Waals surface area contributed by atoms with Crippen molar-refractivity contribution >= 4 is 55.9 Å². The van der Waals surface area contributed by atoms with E-state index in [-0.39, 0.29) is 16.7 Å². The second-order valence-electron chi connectivity index (χ2n) is 9.00. The number of carbonyl (C=O) groups is 2. The average molecular weight is 539 g/mol. The molecule has 0 bridgehead atoms. The second-order valence-corrected chi connectivity index (χ2v) is 10.7. The number of nitrogens with one attached hydrogen (secondary N) is 3. The van der Waals surface area contributed by atoms with Gasteiger partial charge in [-0.3, -0.25) is 14.3 Å². The molecule has 0 fully saturated rings. The van der Waals surface area contributed by atoms with E-state index in [2.05, 4.69) is 15.4 Å². The quantitative estimate of drug-likeness (QED) is 0.273. The summed E-state index contributed by atoms with van der Waals surface area (Å²) in [6, 6.07) is 29.7. The van der Waals surface area contributed by atoms with Gasteiger partial charge in [0.15, 0.2) is 0 Å². The van der Waals surface area contributed by atoms with Gasteiger partial charge in [0.1, 0.15) is 0 Å². The number of nitrogens with zero attached hydrogens (tertiary/aromatic N) is 1. The summed E-state index contributed by atoms with van der Waals surface area (Å²) < 4.78 is 28.5. The van der Waals surface area contributed by atoms with Gasteiger partial charge in [0.2, 0.25) is 5.91 Å². The number of amides is 2. The summed E-state index contributed by atoms with van der Waals surface area (Å²) in [6.07, 6.45) is 0. The van der Waals surface area contributed by atoms with Gasteiger partial charge in [-0.25, -0.2) is 8.42 Å². The van der Waals surface area contributed by atoms with Gasteiger partial charge in [-0.15, -0.1) is 0 Å². The molecule has 0 aliphatic carbocycles. The Morgan fingerprint density at radius 3 is 2.08 bits per heavy atom. The summed E-state index contributed by atoms with van der Waals surface area (Å²) in [6.45, 7) is 1.49. The number of fused-ring (bicyclic) bond motifs is 1. The number of carbonyl (C=O) groups excluding carboxylic acids is 2. The first-order valence-electron chi connectivity index (χ1n) is 12.2. The molecular weight excluding hydrogens is 512 g/mol. The van der Waals surface area contributed by atoms with Gasteiger partial charge in [-0.2, -0.15) is 0 Å². The van der Waals surface area contributed by atoms with Crippen molar-refractivity contribution in [3.63, 3.8) is 0 Å². The SMILES string of the molecule is CC(=O)N(C)c1ccc(N/C(=C2\C(=O)Nc3ccc(NS(=O)(=O)c4ccccc4)cc32)c2ccccc2)cc1. The van der Waals surface area contributed by atoms with Crippen molar-refractivity contribution in [1.82, 2.24) is 0 Å². The molecule has 39 heavy (non-hydrogen) atoms. The van der Waals surface area contributed by atoms with Gasteiger partial charge in [0.05, 0.1) is 16.2 Å². The Bertz CT molecular complexity index is 1680. The monoisotopic (exact) mass is 538 g/mol. The topological polar surface area (TPSA) is 108 Å². The Morgan fingerprint density at radius 2 is 1.44 bits per heavy atom. The van der Waals surface area contributed by atoms with E-state index in [4.69, 9.17) is 0 Å². The van der Waals surface area contributed by atoms with Gasteiger partial charge >= 0.3 is 0 Å². The van der Waals surface area contributed by atoms with E-state index in [0.717, 1.165) is 11.3 Å². The third kappa shape index (κ3) is 5.39. The minimum Gasteiger partial charge on any atom is -0.354 e. The highest BCUT2D eigenvalue weighted by Gasteiger charge is 2.29. The highest BCUT2D eigenvalue weighted by molar-refractivity contribution is 7.92. The van der Waals surface area contributed by atoms with Crippen molar-refractivity contribution < 1.29 is 18.0 Å². The predicted molar refractivity (Wildman–Crippen MR) is 155 cm³/mol. The van der Waals surface area contributed by atoms with E-state index < -0.39 is 10.0 Å². The Morgan fingerprint density at radius 1 is 0.821 bits per heavy atom. The van der Waals surface area contributed by atoms with Crippen LogP contribution in [0.2, 0.25) is 0 Å². The number of rotatable bonds is 7. The maximum atomic E-state index is 13.3. The zero-order chi connectivity index (χ0) is 27.6. The first-order valence-corrected chi connectivity index (χ1v) is 13.7. The summed E-state index contributed by atoms with van der Waals surface area (Å²) >= 11 is 0. The van der Waals surface area contributed by atoms with Crippen LogP contribution in [0.1, 0.15) is 18.1 Å². The fraction of sp³-hybridized carbons (Fsp3) is 0.0667. The number of hydrogen-bond acceptors (Lipinski definition) is 5. The summed E-state index contributed by atoms with van der Waals surface area (Å²) in [5, 5.41) is 6.26. The third-order valence-electron chi connectivity index (χ3n) is 6.38. The smallest absolute Gasteiger partial charge is 0.261 e. The van der Waals surface area contributed by atoms with Crippen LogP contribution in [0.15, 0.2) is 108 Å². The lowest BCUT2D eigenvalue weighted by Gasteiger charge is -2.18. The molecule has 0 aromatic heterocycles. The molecule has 3 N–H and O–H groups in total. The first kappa shape index (κ1) is 25.7. The molecule has 1 aliphatic rings. The highest BCUT2D eigenvalue weighted by Crippen LogP contribution is 2.39. The van der Waals surface area contributed by atoms with E-state index in [1.165, 1.54) is 19.1 Å². The Kier molecular flexibility index (Phi) is 6.91. The lowest BCUT2D eigenvalue weighted by Crippen LogP contribution is -2.22. The molecule has 0 atom stereocenters. The predicted octanol–water partition coefficient (Wildman–Crippen LogP) is 5.40. The molecule has 0 saturated carbocycles. The van der Waals surface area contributed by atoms with Gasteiger partial charge in [-0.1, -0.05) is 48.5 Å². The Hall–Kier alpha value is -4.89. The minimum absolute atomic E-state index is 0.0827. The molecule has 4 aromatic rings. The van der Waals surface area contributed by atoms with Gasteiger partial charge in [-0.05, 0) is 60.2 Å². The van der Waals surface area contributed by atoms with Crippen LogP contribution in [0.5, 0.6) is 0 Å². The lowest BCUT2D eigenvalue weighted by atomic mass is 9.99.